The third-order valence-electron chi connectivity index (χ3n) is 2.87. The number of aromatic hydroxyl groups is 1. The first kappa shape index (κ1) is 13.9. The number of phenolic OH excluding ortho intramolecular Hbond substituents is 1. The molecule has 0 fully saturated rings. The fourth-order valence-electron chi connectivity index (χ4n) is 1.79. The van der Waals surface area contributed by atoms with E-state index in [1.807, 2.05) is 0 Å². The van der Waals surface area contributed by atoms with E-state index in [-0.39, 0.29) is 17.0 Å². The zero-order valence-electron chi connectivity index (χ0n) is 10.8. The summed E-state index contributed by atoms with van der Waals surface area (Å²) in [5, 5.41) is 11.8. The van der Waals surface area contributed by atoms with E-state index in [0.717, 1.165) is 11.6 Å². The van der Waals surface area contributed by atoms with E-state index >= 15 is 0 Å². The van der Waals surface area contributed by atoms with Crippen molar-refractivity contribution in [3.05, 3.63) is 59.4 Å². The van der Waals surface area contributed by atoms with Crippen LogP contribution in [0.2, 0.25) is 0 Å². The Hall–Kier alpha value is -2.56. The number of amides is 1. The molecule has 0 atom stereocenters. The lowest BCUT2D eigenvalue weighted by Gasteiger charge is -2.07. The average molecular weight is 274 g/mol. The summed E-state index contributed by atoms with van der Waals surface area (Å²) in [6, 6.07) is 10.7. The summed E-state index contributed by atoms with van der Waals surface area (Å²) in [5.41, 5.74) is 6.65. The Morgan fingerprint density at radius 3 is 2.55 bits per heavy atom. The average Bonchev–Trinajstić information content (AvgIpc) is 2.41. The number of benzene rings is 2. The molecule has 5 heteroatoms. The summed E-state index contributed by atoms with van der Waals surface area (Å²) < 4.78 is 13.5. The second-order valence-electron chi connectivity index (χ2n) is 4.41. The molecule has 0 aliphatic rings. The van der Waals surface area contributed by atoms with Crippen LogP contribution in [0.5, 0.6) is 5.75 Å². The van der Waals surface area contributed by atoms with Crippen molar-refractivity contribution in [1.82, 2.24) is 5.32 Å². The molecule has 2 aromatic carbocycles. The highest BCUT2D eigenvalue weighted by Crippen LogP contribution is 2.12. The van der Waals surface area contributed by atoms with Crippen molar-refractivity contribution in [1.29, 1.82) is 0 Å². The number of anilines is 1. The second-order valence-corrected chi connectivity index (χ2v) is 4.41. The number of phenols is 1. The Bertz CT molecular complexity index is 612. The summed E-state index contributed by atoms with van der Waals surface area (Å²) in [5.74, 6) is -0.907. The molecular weight excluding hydrogens is 259 g/mol. The SMILES string of the molecule is Nc1ccc(C(=O)NCCc2ccc(O)cc2)c(F)c1. The third kappa shape index (κ3) is 3.47. The summed E-state index contributed by atoms with van der Waals surface area (Å²) in [6.07, 6.45) is 0.600. The highest BCUT2D eigenvalue weighted by molar-refractivity contribution is 5.94. The van der Waals surface area contributed by atoms with Crippen LogP contribution in [0, 0.1) is 5.82 Å². The van der Waals surface area contributed by atoms with Gasteiger partial charge in [0.1, 0.15) is 11.6 Å². The van der Waals surface area contributed by atoms with Gasteiger partial charge in [-0.3, -0.25) is 4.79 Å². The molecule has 0 aliphatic carbocycles. The fraction of sp³-hybridized carbons (Fsp3) is 0.133. The zero-order chi connectivity index (χ0) is 14.5. The molecule has 0 bridgehead atoms. The van der Waals surface area contributed by atoms with Crippen LogP contribution < -0.4 is 11.1 Å². The van der Waals surface area contributed by atoms with Gasteiger partial charge in [-0.05, 0) is 42.3 Å². The predicted molar refractivity (Wildman–Crippen MR) is 75.0 cm³/mol. The van der Waals surface area contributed by atoms with Crippen molar-refractivity contribution in [2.24, 2.45) is 0 Å². The van der Waals surface area contributed by atoms with Crippen LogP contribution in [-0.2, 0) is 6.42 Å². The Kier molecular flexibility index (Phi) is 4.20. The number of nitrogens with two attached hydrogens (primary N) is 1. The fourth-order valence-corrected chi connectivity index (χ4v) is 1.79. The van der Waals surface area contributed by atoms with Gasteiger partial charge in [-0.15, -0.1) is 0 Å². The highest BCUT2D eigenvalue weighted by Gasteiger charge is 2.10. The van der Waals surface area contributed by atoms with Crippen molar-refractivity contribution in [3.63, 3.8) is 0 Å². The predicted octanol–water partition coefficient (Wildman–Crippen LogP) is 2.09. The van der Waals surface area contributed by atoms with Gasteiger partial charge in [0.15, 0.2) is 0 Å². The van der Waals surface area contributed by atoms with Gasteiger partial charge >= 0.3 is 0 Å². The summed E-state index contributed by atoms with van der Waals surface area (Å²) in [6.45, 7) is 0.382. The molecule has 0 radical (unpaired) electrons. The van der Waals surface area contributed by atoms with Gasteiger partial charge in [-0.25, -0.2) is 4.39 Å². The lowest BCUT2D eigenvalue weighted by Crippen LogP contribution is -2.26. The summed E-state index contributed by atoms with van der Waals surface area (Å²) in [4.78, 5) is 11.8. The molecule has 104 valence electrons. The Morgan fingerprint density at radius 2 is 1.90 bits per heavy atom. The molecule has 2 aromatic rings. The van der Waals surface area contributed by atoms with Crippen molar-refractivity contribution >= 4 is 11.6 Å². The minimum atomic E-state index is -0.632. The molecule has 1 amide bonds. The molecular formula is C15H15FN2O2. The zero-order valence-corrected chi connectivity index (χ0v) is 10.8. The summed E-state index contributed by atoms with van der Waals surface area (Å²) >= 11 is 0. The van der Waals surface area contributed by atoms with Crippen LogP contribution in [0.1, 0.15) is 15.9 Å². The largest absolute Gasteiger partial charge is 0.508 e. The van der Waals surface area contributed by atoms with E-state index in [1.165, 1.54) is 12.1 Å². The van der Waals surface area contributed by atoms with E-state index in [9.17, 15) is 9.18 Å². The normalized spacial score (nSPS) is 10.2. The number of rotatable bonds is 4. The lowest BCUT2D eigenvalue weighted by molar-refractivity contribution is 0.0950. The number of nitrogen functional groups attached to an aromatic ring is 1. The second kappa shape index (κ2) is 6.06. The minimum absolute atomic E-state index is 0.0232. The molecule has 4 nitrogen and oxygen atoms in total. The number of hydrogen-bond donors (Lipinski definition) is 3. The number of carbonyl (C=O) groups excluding carboxylic acids is 1. The Labute approximate surface area is 116 Å². The first-order valence-electron chi connectivity index (χ1n) is 6.17. The molecule has 4 N–H and O–H groups in total. The van der Waals surface area contributed by atoms with Gasteiger partial charge in [0.25, 0.3) is 5.91 Å². The number of halogens is 1. The Balaban J connectivity index is 1.90. The van der Waals surface area contributed by atoms with Crippen molar-refractivity contribution in [2.45, 2.75) is 6.42 Å². The van der Waals surface area contributed by atoms with Gasteiger partial charge < -0.3 is 16.2 Å². The van der Waals surface area contributed by atoms with E-state index < -0.39 is 11.7 Å². The molecule has 0 aliphatic heterocycles. The number of hydrogen-bond acceptors (Lipinski definition) is 3. The van der Waals surface area contributed by atoms with E-state index in [2.05, 4.69) is 5.32 Å². The van der Waals surface area contributed by atoms with Crippen LogP contribution in [0.3, 0.4) is 0 Å². The van der Waals surface area contributed by atoms with Crippen LogP contribution in [0.25, 0.3) is 0 Å². The number of nitrogens with one attached hydrogen (secondary N) is 1. The quantitative estimate of drug-likeness (QED) is 0.747. The molecule has 0 unspecified atom stereocenters. The van der Waals surface area contributed by atoms with Gasteiger partial charge in [-0.2, -0.15) is 0 Å². The smallest absolute Gasteiger partial charge is 0.254 e. The van der Waals surface area contributed by atoms with Crippen molar-refractivity contribution < 1.29 is 14.3 Å². The van der Waals surface area contributed by atoms with Gasteiger partial charge in [0.05, 0.1) is 5.56 Å². The van der Waals surface area contributed by atoms with Crippen LogP contribution in [-0.4, -0.2) is 17.6 Å². The highest BCUT2D eigenvalue weighted by atomic mass is 19.1. The van der Waals surface area contributed by atoms with Gasteiger partial charge in [0.2, 0.25) is 0 Å². The van der Waals surface area contributed by atoms with E-state index in [0.29, 0.717) is 13.0 Å². The number of carbonyl (C=O) groups is 1. The van der Waals surface area contributed by atoms with E-state index in [4.69, 9.17) is 10.8 Å². The maximum Gasteiger partial charge on any atom is 0.254 e. The van der Waals surface area contributed by atoms with Crippen molar-refractivity contribution in [3.8, 4) is 5.75 Å². The summed E-state index contributed by atoms with van der Waals surface area (Å²) in [7, 11) is 0. The minimum Gasteiger partial charge on any atom is -0.508 e. The van der Waals surface area contributed by atoms with E-state index in [1.54, 1.807) is 24.3 Å². The maximum atomic E-state index is 13.5. The van der Waals surface area contributed by atoms with Gasteiger partial charge in [0, 0.05) is 12.2 Å². The first-order chi connectivity index (χ1) is 9.56. The van der Waals surface area contributed by atoms with Crippen LogP contribution in [0.4, 0.5) is 10.1 Å². The Morgan fingerprint density at radius 1 is 1.20 bits per heavy atom. The molecule has 2 rings (SSSR count). The molecule has 0 aromatic heterocycles. The first-order valence-corrected chi connectivity index (χ1v) is 6.17. The third-order valence-corrected chi connectivity index (χ3v) is 2.87. The molecule has 20 heavy (non-hydrogen) atoms. The monoisotopic (exact) mass is 274 g/mol. The molecule has 0 heterocycles. The maximum absolute atomic E-state index is 13.5. The van der Waals surface area contributed by atoms with Gasteiger partial charge in [-0.1, -0.05) is 12.1 Å². The van der Waals surface area contributed by atoms with Crippen LogP contribution >= 0.6 is 0 Å². The van der Waals surface area contributed by atoms with Crippen LogP contribution in [0.15, 0.2) is 42.5 Å². The van der Waals surface area contributed by atoms with Crippen molar-refractivity contribution in [2.75, 3.05) is 12.3 Å². The molecule has 0 saturated heterocycles. The molecule has 0 spiro atoms. The lowest BCUT2D eigenvalue weighted by atomic mass is 10.1. The standard InChI is InChI=1S/C15H15FN2O2/c16-14-9-11(17)3-6-13(14)15(20)18-8-7-10-1-4-12(19)5-2-10/h1-6,9,19H,7-8,17H2,(H,18,20). The topological polar surface area (TPSA) is 75.4 Å². The molecule has 0 saturated carbocycles.